The molecule has 11 heteroatoms. The Balaban J connectivity index is 1.22. The van der Waals surface area contributed by atoms with E-state index in [0.717, 1.165) is 34.1 Å². The number of benzene rings is 1. The van der Waals surface area contributed by atoms with Crippen LogP contribution in [0.25, 0.3) is 28.7 Å². The number of fused-ring (bicyclic) bond motifs is 2. The van der Waals surface area contributed by atoms with E-state index < -0.39 is 7.26 Å². The van der Waals surface area contributed by atoms with Gasteiger partial charge in [-0.3, -0.25) is 9.27 Å². The third-order valence-electron chi connectivity index (χ3n) is 6.04. The predicted molar refractivity (Wildman–Crippen MR) is 141 cm³/mol. The predicted octanol–water partition coefficient (Wildman–Crippen LogP) is 4.41. The second kappa shape index (κ2) is 10.9. The van der Waals surface area contributed by atoms with Gasteiger partial charge in [0.25, 0.3) is 5.91 Å². The number of carbonyl (C=O) groups excluding carboxylic acids is 1. The molecule has 2 N–H and O–H groups in total. The third-order valence-corrected chi connectivity index (χ3v) is 6.04. The smallest absolute Gasteiger partial charge is 0.484 e. The maximum atomic E-state index is 15.8. The number of rotatable bonds is 10. The van der Waals surface area contributed by atoms with Crippen LogP contribution in [-0.4, -0.2) is 52.5 Å². The van der Waals surface area contributed by atoms with Crippen molar-refractivity contribution in [2.75, 3.05) is 19.7 Å². The summed E-state index contributed by atoms with van der Waals surface area (Å²) in [6.45, 7) is 0.656. The Bertz CT molecular complexity index is 1460. The van der Waals surface area contributed by atoms with E-state index in [0.29, 0.717) is 25.3 Å². The number of azide groups is 1. The van der Waals surface area contributed by atoms with E-state index in [2.05, 4.69) is 20.3 Å². The number of H-pyrrole nitrogens is 1. The van der Waals surface area contributed by atoms with Crippen LogP contribution in [-0.2, 0) is 4.79 Å². The molecule has 3 aromatic rings. The van der Waals surface area contributed by atoms with Gasteiger partial charge in [0, 0.05) is 53.8 Å². The highest BCUT2D eigenvalue weighted by Crippen LogP contribution is 2.27. The number of carbonyl (C=O) groups is 1. The number of ether oxygens (including phenoxy) is 1. The molecule has 0 saturated heterocycles. The summed E-state index contributed by atoms with van der Waals surface area (Å²) in [5.74, 6) is 0.322. The number of hydrogen-bond acceptors (Lipinski definition) is 3. The van der Waals surface area contributed by atoms with Crippen LogP contribution < -0.4 is 10.1 Å². The van der Waals surface area contributed by atoms with Crippen LogP contribution in [0.15, 0.2) is 77.7 Å². The van der Waals surface area contributed by atoms with Gasteiger partial charge in [0.05, 0.1) is 0 Å². The van der Waals surface area contributed by atoms with Crippen molar-refractivity contribution < 1.29 is 18.3 Å². The molecule has 184 valence electrons. The average molecular weight is 496 g/mol. The molecule has 0 aliphatic carbocycles. The van der Waals surface area contributed by atoms with Crippen molar-refractivity contribution in [2.45, 2.75) is 6.42 Å². The van der Waals surface area contributed by atoms with Gasteiger partial charge in [-0.25, -0.2) is 8.80 Å². The van der Waals surface area contributed by atoms with E-state index in [4.69, 9.17) is 10.3 Å². The lowest BCUT2D eigenvalue weighted by Crippen LogP contribution is -2.39. The van der Waals surface area contributed by atoms with Crippen molar-refractivity contribution in [3.05, 3.63) is 106 Å². The zero-order chi connectivity index (χ0) is 25.6. The Hall–Kier alpha value is -4.76. The fraction of sp³-hybridized carbons (Fsp3) is 0.154. The average Bonchev–Trinajstić information content (AvgIpc) is 3.67. The molecule has 37 heavy (non-hydrogen) atoms. The first-order chi connectivity index (χ1) is 18.1. The van der Waals surface area contributed by atoms with E-state index in [9.17, 15) is 4.79 Å². The SMILES string of the molecule is [N-]=[N+]=NCCCNC(=O)COc1ccc(/C=C/c2ccc3n2B(F)[N+]2=C(c4ccc[nH]4)C=CC2=C3)cc1. The zero-order valence-electron chi connectivity index (χ0n) is 19.9. The number of aromatic nitrogens is 2. The van der Waals surface area contributed by atoms with Crippen LogP contribution in [0, 0.1) is 0 Å². The van der Waals surface area contributed by atoms with Gasteiger partial charge in [-0.2, -0.15) is 0 Å². The second-order valence-corrected chi connectivity index (χ2v) is 8.45. The van der Waals surface area contributed by atoms with Gasteiger partial charge in [0.2, 0.25) is 5.71 Å². The van der Waals surface area contributed by atoms with E-state index in [1.165, 1.54) is 0 Å². The summed E-state index contributed by atoms with van der Waals surface area (Å²) in [5, 5.41) is 6.12. The maximum absolute atomic E-state index is 15.8. The first kappa shape index (κ1) is 24.0. The number of aromatic amines is 1. The van der Waals surface area contributed by atoms with E-state index in [1.807, 2.05) is 73.0 Å². The first-order valence-electron chi connectivity index (χ1n) is 11.9. The first-order valence-corrected chi connectivity index (χ1v) is 11.9. The molecule has 2 aliphatic rings. The highest BCUT2D eigenvalue weighted by molar-refractivity contribution is 6.44. The number of nitrogens with zero attached hydrogens (tertiary/aromatic N) is 5. The molecule has 1 amide bonds. The van der Waals surface area contributed by atoms with Crippen LogP contribution in [0.1, 0.15) is 29.1 Å². The highest BCUT2D eigenvalue weighted by Gasteiger charge is 2.47. The molecule has 0 atom stereocenters. The van der Waals surface area contributed by atoms with Gasteiger partial charge in [-0.15, -0.1) is 0 Å². The number of allylic oxidation sites excluding steroid dienone is 2. The molecule has 0 spiro atoms. The Morgan fingerprint density at radius 1 is 1.22 bits per heavy atom. The molecule has 5 rings (SSSR count). The Morgan fingerprint density at radius 2 is 2.08 bits per heavy atom. The van der Waals surface area contributed by atoms with Crippen molar-refractivity contribution in [2.24, 2.45) is 5.11 Å². The lowest BCUT2D eigenvalue weighted by atomic mass is 9.96. The minimum absolute atomic E-state index is 0.104. The molecular formula is C26H24BFN7O2+. The molecule has 9 nitrogen and oxygen atoms in total. The summed E-state index contributed by atoms with van der Waals surface area (Å²) in [6.07, 6.45) is 12.0. The molecule has 0 saturated carbocycles. The standard InChI is InChI=1S/C26H23BFN7O2/c28-27-34-20(8-9-21(34)17-22-10-13-25(35(22)27)24-3-1-14-30-24)7-4-19-5-11-23(12-6-19)37-18-26(36)31-15-2-16-32-33-29/h1,3-14,17H,2,15-16,18H2,(H,31,36)/p+1/b7-4+. The topological polar surface area (TPSA) is 111 Å². The van der Waals surface area contributed by atoms with Crippen LogP contribution in [0.5, 0.6) is 5.75 Å². The van der Waals surface area contributed by atoms with Gasteiger partial charge in [-0.1, -0.05) is 23.3 Å². The van der Waals surface area contributed by atoms with E-state index in [1.54, 1.807) is 21.1 Å². The molecule has 0 unspecified atom stereocenters. The van der Waals surface area contributed by atoms with Crippen molar-refractivity contribution in [3.8, 4) is 5.75 Å². The molecule has 2 aliphatic heterocycles. The largest absolute Gasteiger partial charge is 0.846 e. The third kappa shape index (κ3) is 5.26. The van der Waals surface area contributed by atoms with E-state index in [-0.39, 0.29) is 12.5 Å². The van der Waals surface area contributed by atoms with Crippen LogP contribution >= 0.6 is 0 Å². The Morgan fingerprint density at radius 3 is 2.86 bits per heavy atom. The number of halogens is 1. The lowest BCUT2D eigenvalue weighted by Gasteiger charge is -2.14. The number of nitrogens with one attached hydrogen (secondary N) is 2. The van der Waals surface area contributed by atoms with Gasteiger partial charge in [0.1, 0.15) is 11.4 Å². The summed E-state index contributed by atoms with van der Waals surface area (Å²) in [7, 11) is -1.38. The zero-order valence-corrected chi connectivity index (χ0v) is 19.9. The van der Waals surface area contributed by atoms with Crippen molar-refractivity contribution in [1.82, 2.24) is 14.8 Å². The molecular weight excluding hydrogens is 472 g/mol. The fourth-order valence-electron chi connectivity index (χ4n) is 4.25. The summed E-state index contributed by atoms with van der Waals surface area (Å²) in [6, 6.07) is 14.9. The number of amides is 1. The minimum Gasteiger partial charge on any atom is -0.484 e. The quantitative estimate of drug-likeness (QED) is 0.143. The van der Waals surface area contributed by atoms with Crippen molar-refractivity contribution in [1.29, 1.82) is 0 Å². The fourth-order valence-corrected chi connectivity index (χ4v) is 4.25. The Kier molecular flexibility index (Phi) is 7.05. The van der Waals surface area contributed by atoms with Crippen molar-refractivity contribution >= 4 is 37.1 Å². The van der Waals surface area contributed by atoms with Gasteiger partial charge < -0.3 is 15.0 Å². The minimum atomic E-state index is -1.38. The van der Waals surface area contributed by atoms with Crippen molar-refractivity contribution in [3.63, 3.8) is 0 Å². The monoisotopic (exact) mass is 496 g/mol. The number of hydrogen-bond donors (Lipinski definition) is 2. The normalized spacial score (nSPS) is 13.9. The summed E-state index contributed by atoms with van der Waals surface area (Å²) < 4.78 is 24.7. The molecule has 1 aromatic carbocycles. The van der Waals surface area contributed by atoms with Crippen LogP contribution in [0.4, 0.5) is 4.32 Å². The summed E-state index contributed by atoms with van der Waals surface area (Å²) >= 11 is 0. The molecule has 0 fully saturated rings. The van der Waals surface area contributed by atoms with Gasteiger partial charge >= 0.3 is 7.26 Å². The van der Waals surface area contributed by atoms with Gasteiger partial charge in [-0.05, 0) is 60.0 Å². The summed E-state index contributed by atoms with van der Waals surface area (Å²) in [4.78, 5) is 17.7. The van der Waals surface area contributed by atoms with Crippen LogP contribution in [0.3, 0.4) is 0 Å². The maximum Gasteiger partial charge on any atom is 0.846 e. The van der Waals surface area contributed by atoms with Gasteiger partial charge in [0.15, 0.2) is 12.3 Å². The lowest BCUT2D eigenvalue weighted by molar-refractivity contribution is -0.333. The highest BCUT2D eigenvalue weighted by atomic mass is 19.1. The molecule has 0 radical (unpaired) electrons. The summed E-state index contributed by atoms with van der Waals surface area (Å²) in [5.41, 5.74) is 13.2. The van der Waals surface area contributed by atoms with E-state index >= 15 is 4.32 Å². The molecule has 2 aromatic heterocycles. The Labute approximate surface area is 213 Å². The molecule has 4 heterocycles. The molecule has 0 bridgehead atoms. The second-order valence-electron chi connectivity index (χ2n) is 8.45. The van der Waals surface area contributed by atoms with Crippen LogP contribution in [0.2, 0.25) is 0 Å².